The van der Waals surface area contributed by atoms with E-state index in [2.05, 4.69) is 96.2 Å². The summed E-state index contributed by atoms with van der Waals surface area (Å²) in [5, 5.41) is 13.5. The van der Waals surface area contributed by atoms with Gasteiger partial charge in [0.1, 0.15) is 23.0 Å². The Morgan fingerprint density at radius 1 is 0.389 bits per heavy atom. The predicted molar refractivity (Wildman–Crippen MR) is 318 cm³/mol. The molecular weight excluding hydrogens is 1530 g/mol. The average Bonchev–Trinajstić information content (AvgIpc) is 2.57. The normalized spacial score (nSPS) is 12.9. The number of halogens is 10. The molecule has 0 aliphatic carbocycles. The molecule has 0 amide bonds. The maximum Gasteiger partial charge on any atom is 0.431 e. The van der Waals surface area contributed by atoms with Crippen LogP contribution < -0.4 is 29.8 Å². The summed E-state index contributed by atoms with van der Waals surface area (Å²) in [6.07, 6.45) is -1.70. The van der Waals surface area contributed by atoms with Crippen molar-refractivity contribution in [2.45, 2.75) is 64.7 Å². The van der Waals surface area contributed by atoms with Gasteiger partial charge in [0.05, 0.1) is 0 Å². The number of benzene rings is 6. The van der Waals surface area contributed by atoms with Gasteiger partial charge in [0, 0.05) is 74.6 Å². The van der Waals surface area contributed by atoms with E-state index >= 15 is 0 Å². The Kier molecular flexibility index (Phi) is 22.4. The van der Waals surface area contributed by atoms with Crippen molar-refractivity contribution < 1.29 is 84.1 Å². The third-order valence-corrected chi connectivity index (χ3v) is 13.2. The van der Waals surface area contributed by atoms with Gasteiger partial charge in [-0.15, -0.1) is 132 Å². The second-order valence-electron chi connectivity index (χ2n) is 21.7. The van der Waals surface area contributed by atoms with Gasteiger partial charge >= 0.3 is 12.4 Å². The molecule has 6 heterocycles. The molecule has 22 heteroatoms. The van der Waals surface area contributed by atoms with Crippen molar-refractivity contribution in [2.75, 3.05) is 19.6 Å². The summed E-state index contributed by atoms with van der Waals surface area (Å²) in [5.41, 5.74) is 7.11. The van der Waals surface area contributed by atoms with Crippen LogP contribution in [0.25, 0.3) is 45.3 Å². The minimum absolute atomic E-state index is 0. The van der Waals surface area contributed by atoms with Crippen molar-refractivity contribution >= 4 is 22.7 Å². The predicted octanol–water partition coefficient (Wildman–Crippen LogP) is 17.1. The first-order chi connectivity index (χ1) is 41.7. The summed E-state index contributed by atoms with van der Waals surface area (Å²) in [4.78, 5) is 16.1. The fourth-order valence-electron chi connectivity index (χ4n) is 8.32. The summed E-state index contributed by atoms with van der Waals surface area (Å²) < 4.78 is 127. The van der Waals surface area contributed by atoms with Gasteiger partial charge in [0.25, 0.3) is 0 Å². The summed E-state index contributed by atoms with van der Waals surface area (Å²) >= 11 is 0. The van der Waals surface area contributed by atoms with Gasteiger partial charge in [0.15, 0.2) is 0 Å². The first kappa shape index (κ1) is 68.8. The number of hydrogen-bond donors (Lipinski definition) is 0. The summed E-state index contributed by atoms with van der Waals surface area (Å²) in [5.74, 6) is -1.17. The van der Waals surface area contributed by atoms with Crippen LogP contribution in [0.3, 0.4) is 0 Å². The Labute approximate surface area is 541 Å². The van der Waals surface area contributed by atoms with E-state index in [1.165, 1.54) is 48.5 Å². The number of anilines is 4. The molecule has 2 aliphatic rings. The number of rotatable bonds is 8. The van der Waals surface area contributed by atoms with E-state index in [0.29, 0.717) is 22.8 Å². The van der Waals surface area contributed by atoms with Crippen LogP contribution in [0.1, 0.15) is 64.1 Å². The van der Waals surface area contributed by atoms with E-state index < -0.39 is 23.7 Å². The minimum Gasteiger partial charge on any atom is -0.573 e. The van der Waals surface area contributed by atoms with Crippen molar-refractivity contribution in [3.05, 3.63) is 278 Å². The first-order valence-electron chi connectivity index (χ1n) is 26.9. The molecule has 0 fully saturated rings. The summed E-state index contributed by atoms with van der Waals surface area (Å²) in [6.45, 7) is 16.3. The zero-order valence-corrected chi connectivity index (χ0v) is 53.3. The molecule has 10 nitrogen and oxygen atoms in total. The largest absolute Gasteiger partial charge is 0.573 e. The molecule has 2 aliphatic heterocycles. The van der Waals surface area contributed by atoms with E-state index in [1.54, 1.807) is 72.8 Å². The standard InChI is InChI=1S/2C19H16F3N3.2C15H10F2N2.2Ir/c2*1-18(2,3)13-9-7-12(8-10-13)14-5-4-6-15(23-14)16-11-17(25-24-16)19(20,21)22;2*16-12-1-5-14(6-2-12)18-9-10-19(11-18)15-7-3-13(17)4-8-15;;/h2*4-7,9-11H,1-3H3;2*1-7,9-11H;;/q4*-2;;. The van der Waals surface area contributed by atoms with E-state index in [9.17, 15) is 43.9 Å². The topological polar surface area (TPSA) is 92.7 Å². The fourth-order valence-corrected chi connectivity index (χ4v) is 8.32. The second kappa shape index (κ2) is 29.3. The van der Waals surface area contributed by atoms with Crippen LogP contribution in [-0.4, -0.2) is 20.2 Å². The molecule has 10 aromatic rings. The number of aromatic nitrogens is 6. The molecule has 6 aromatic carbocycles. The Bertz CT molecular complexity index is 3600. The van der Waals surface area contributed by atoms with E-state index in [4.69, 9.17) is 0 Å². The Morgan fingerprint density at radius 2 is 0.733 bits per heavy atom. The molecule has 0 bridgehead atoms. The van der Waals surface area contributed by atoms with Crippen molar-refractivity contribution in [2.24, 2.45) is 0 Å². The van der Waals surface area contributed by atoms with Crippen LogP contribution in [0.2, 0.25) is 0 Å². The Morgan fingerprint density at radius 3 is 1.03 bits per heavy atom. The molecule has 4 aromatic heterocycles. The maximum absolute atomic E-state index is 12.9. The summed E-state index contributed by atoms with van der Waals surface area (Å²) in [7, 11) is 0. The monoisotopic (exact) mass is 1580 g/mol. The zero-order chi connectivity index (χ0) is 63.0. The molecule has 0 unspecified atom stereocenters. The maximum atomic E-state index is 12.9. The van der Waals surface area contributed by atoms with E-state index in [-0.39, 0.29) is 85.7 Å². The third kappa shape index (κ3) is 18.2. The van der Waals surface area contributed by atoms with Gasteiger partial charge in [-0.1, -0.05) is 77.2 Å². The van der Waals surface area contributed by atoms with Crippen molar-refractivity contribution in [3.8, 4) is 45.3 Å². The SMILES string of the molecule is CC(C)(C)c1c[c-]c(-c2cccc(-c3cc(C(F)(F)F)n[n-]3)n2)cc1.CC(C)(C)c1c[c-]c(-c2cccc(-c3cc(C(F)(F)F)n[n-]3)n2)cc1.Fc1c[c-]c(N2C=CN(c3ccc(F)cc3)[CH-]2)cc1.Fc1c[c-]c(N2C=CN(c3ccc(F)cc3)[CH-]2)cc1.[Ir].[Ir]. The first-order valence-corrected chi connectivity index (χ1v) is 26.9. The molecule has 2 radical (unpaired) electrons. The van der Waals surface area contributed by atoms with Crippen LogP contribution in [0.5, 0.6) is 0 Å². The quantitative estimate of drug-likeness (QED) is 0.108. The third-order valence-electron chi connectivity index (χ3n) is 13.2. The molecule has 0 N–H and O–H groups in total. The van der Waals surface area contributed by atoms with E-state index in [0.717, 1.165) is 57.1 Å². The Hall–Kier alpha value is -8.68. The molecule has 90 heavy (non-hydrogen) atoms. The van der Waals surface area contributed by atoms with Gasteiger partial charge in [-0.2, -0.15) is 38.5 Å². The minimum atomic E-state index is -4.51. The van der Waals surface area contributed by atoms with Gasteiger partial charge in [-0.25, -0.2) is 8.78 Å². The smallest absolute Gasteiger partial charge is 0.431 e. The van der Waals surface area contributed by atoms with Crippen molar-refractivity contribution in [1.29, 1.82) is 0 Å². The average molecular weight is 1580 g/mol. The van der Waals surface area contributed by atoms with E-state index in [1.807, 2.05) is 94.1 Å². The number of nitrogens with zero attached hydrogens (tertiary/aromatic N) is 10. The zero-order valence-electron chi connectivity index (χ0n) is 48.5. The van der Waals surface area contributed by atoms with Gasteiger partial charge in [0.2, 0.25) is 0 Å². The molecule has 12 rings (SSSR count). The van der Waals surface area contributed by atoms with Crippen LogP contribution in [-0.2, 0) is 63.4 Å². The molecule has 0 saturated heterocycles. The van der Waals surface area contributed by atoms with Crippen LogP contribution >= 0.6 is 0 Å². The summed E-state index contributed by atoms with van der Waals surface area (Å²) in [6, 6.07) is 56.8. The van der Waals surface area contributed by atoms with Crippen molar-refractivity contribution in [3.63, 3.8) is 0 Å². The molecule has 0 spiro atoms. The van der Waals surface area contributed by atoms with Crippen molar-refractivity contribution in [1.82, 2.24) is 30.4 Å². The molecule has 0 atom stereocenters. The number of hydrogen-bond acceptors (Lipinski definition) is 8. The van der Waals surface area contributed by atoms with Crippen LogP contribution in [0.4, 0.5) is 66.7 Å². The molecular formula is C68H52F10Ir2N10-8. The Balaban J connectivity index is 0.000000171. The number of pyridine rings is 2. The van der Waals surface area contributed by atoms with Crippen LogP contribution in [0.15, 0.2) is 195 Å². The van der Waals surface area contributed by atoms with Crippen LogP contribution in [0, 0.1) is 60.9 Å². The van der Waals surface area contributed by atoms with Gasteiger partial charge in [-0.3, -0.25) is 18.7 Å². The molecule has 0 saturated carbocycles. The second-order valence-corrected chi connectivity index (χ2v) is 21.7. The fraction of sp³-hybridized carbons (Fsp3) is 0.147. The molecule has 470 valence electrons. The van der Waals surface area contributed by atoms with Gasteiger partial charge in [-0.05, 0) is 120 Å². The van der Waals surface area contributed by atoms with Gasteiger partial charge < -0.3 is 40.0 Å². The number of alkyl halides is 6.